The van der Waals surface area contributed by atoms with Crippen LogP contribution in [0.5, 0.6) is 0 Å². The zero-order chi connectivity index (χ0) is 5.98. The first-order chi connectivity index (χ1) is 3.83. The first-order valence-electron chi connectivity index (χ1n) is 2.05. The van der Waals surface area contributed by atoms with Gasteiger partial charge >= 0.3 is 0 Å². The second kappa shape index (κ2) is 2.39. The first-order valence-corrected chi connectivity index (χ1v) is 3.74. The number of hydrogen-bond donors (Lipinski definition) is 2. The molecule has 0 atom stereocenters. The van der Waals surface area contributed by atoms with Crippen molar-refractivity contribution in [3.05, 3.63) is 12.1 Å². The quantitative estimate of drug-likeness (QED) is 0.587. The van der Waals surface area contributed by atoms with Gasteiger partial charge in [-0.05, 0) is 24.1 Å². The van der Waals surface area contributed by atoms with Gasteiger partial charge in [-0.1, -0.05) is 0 Å². The molecule has 8 heavy (non-hydrogen) atoms. The molecule has 1 rings (SSSR count). The zero-order valence-electron chi connectivity index (χ0n) is 4.13. The third kappa shape index (κ3) is 1.15. The van der Waals surface area contributed by atoms with Crippen molar-refractivity contribution in [2.45, 2.75) is 4.21 Å². The minimum atomic E-state index is 0.818. The van der Waals surface area contributed by atoms with Crippen molar-refractivity contribution in [3.8, 4) is 0 Å². The van der Waals surface area contributed by atoms with E-state index in [2.05, 4.69) is 0 Å². The van der Waals surface area contributed by atoms with E-state index in [1.807, 2.05) is 12.1 Å². The van der Waals surface area contributed by atoms with Gasteiger partial charge in [0.05, 0.1) is 9.21 Å². The van der Waals surface area contributed by atoms with E-state index in [9.17, 15) is 0 Å². The fourth-order valence-corrected chi connectivity index (χ4v) is 1.53. The zero-order valence-corrected chi connectivity index (χ0v) is 5.76. The van der Waals surface area contributed by atoms with Gasteiger partial charge in [0.25, 0.3) is 0 Å². The highest BCUT2D eigenvalue weighted by molar-refractivity contribution is 7.99. The van der Waals surface area contributed by atoms with Gasteiger partial charge < -0.3 is 5.73 Å². The summed E-state index contributed by atoms with van der Waals surface area (Å²) in [4.78, 5) is 0. The topological polar surface area (TPSA) is 52.0 Å². The molecule has 0 aliphatic carbocycles. The first kappa shape index (κ1) is 5.94. The van der Waals surface area contributed by atoms with Gasteiger partial charge in [-0.25, -0.2) is 0 Å². The monoisotopic (exact) mass is 146 g/mol. The smallest absolute Gasteiger partial charge is 0.0868 e. The summed E-state index contributed by atoms with van der Waals surface area (Å²) in [6, 6.07) is 3.75. The molecule has 0 bridgehead atoms. The lowest BCUT2D eigenvalue weighted by Gasteiger charge is -1.80. The molecule has 0 saturated heterocycles. The number of nitrogens with two attached hydrogens (primary N) is 2. The van der Waals surface area contributed by atoms with Crippen molar-refractivity contribution in [3.63, 3.8) is 0 Å². The molecule has 0 spiro atoms. The minimum absolute atomic E-state index is 0.818. The predicted octanol–water partition coefficient (Wildman–Crippen LogP) is 1.30. The molecule has 0 aromatic carbocycles. The third-order valence-electron chi connectivity index (χ3n) is 0.718. The average molecular weight is 146 g/mol. The molecule has 44 valence electrons. The van der Waals surface area contributed by atoms with Crippen molar-refractivity contribution >= 4 is 28.3 Å². The molecule has 1 heterocycles. The summed E-state index contributed by atoms with van der Waals surface area (Å²) in [7, 11) is 0. The van der Waals surface area contributed by atoms with Gasteiger partial charge in [0.1, 0.15) is 0 Å². The van der Waals surface area contributed by atoms with Crippen LogP contribution in [-0.2, 0) is 0 Å². The number of thiophene rings is 1. The summed E-state index contributed by atoms with van der Waals surface area (Å²) in [5, 5.41) is 6.05. The molecular formula is C4H6N2S2. The fraction of sp³-hybridized carbons (Fsp3) is 0. The highest BCUT2D eigenvalue weighted by atomic mass is 32.2. The summed E-state index contributed by atoms with van der Waals surface area (Å²) in [6.07, 6.45) is 0. The number of nitrogen functional groups attached to an aromatic ring is 1. The molecule has 2 nitrogen and oxygen atoms in total. The Morgan fingerprint density at radius 2 is 2.25 bits per heavy atom. The van der Waals surface area contributed by atoms with Crippen LogP contribution < -0.4 is 10.9 Å². The van der Waals surface area contributed by atoms with Gasteiger partial charge in [0.15, 0.2) is 0 Å². The molecule has 0 fully saturated rings. The summed E-state index contributed by atoms with van der Waals surface area (Å²) in [5.74, 6) is 0. The highest BCUT2D eigenvalue weighted by Gasteiger charge is 1.91. The molecule has 0 amide bonds. The maximum absolute atomic E-state index is 5.40. The maximum atomic E-state index is 5.40. The van der Waals surface area contributed by atoms with Crippen molar-refractivity contribution < 1.29 is 0 Å². The van der Waals surface area contributed by atoms with Crippen LogP contribution >= 0.6 is 23.3 Å². The Hall–Kier alpha value is -0.190. The predicted molar refractivity (Wildman–Crippen MR) is 38.8 cm³/mol. The highest BCUT2D eigenvalue weighted by Crippen LogP contribution is 2.24. The summed E-state index contributed by atoms with van der Waals surface area (Å²) in [6.45, 7) is 0. The lowest BCUT2D eigenvalue weighted by molar-refractivity contribution is 1.72. The van der Waals surface area contributed by atoms with Crippen LogP contribution in [0.4, 0.5) is 5.00 Å². The lowest BCUT2D eigenvalue weighted by Crippen LogP contribution is -1.73. The molecule has 0 aliphatic rings. The average Bonchev–Trinajstić information content (AvgIpc) is 2.14. The Kier molecular flexibility index (Phi) is 1.77. The molecule has 1 aromatic rings. The van der Waals surface area contributed by atoms with Crippen LogP contribution in [0.15, 0.2) is 16.3 Å². The third-order valence-corrected chi connectivity index (χ3v) is 2.33. The second-order valence-corrected chi connectivity index (χ2v) is 3.32. The van der Waals surface area contributed by atoms with Crippen molar-refractivity contribution in [1.29, 1.82) is 0 Å². The van der Waals surface area contributed by atoms with Gasteiger partial charge in [-0.2, -0.15) is 0 Å². The molecule has 0 radical (unpaired) electrons. The van der Waals surface area contributed by atoms with E-state index in [1.54, 1.807) is 0 Å². The van der Waals surface area contributed by atoms with E-state index < -0.39 is 0 Å². The second-order valence-electron chi connectivity index (χ2n) is 1.27. The van der Waals surface area contributed by atoms with E-state index in [0.717, 1.165) is 9.21 Å². The number of hydrogen-bond acceptors (Lipinski definition) is 4. The van der Waals surface area contributed by atoms with E-state index in [0.29, 0.717) is 0 Å². The Morgan fingerprint density at radius 1 is 1.50 bits per heavy atom. The van der Waals surface area contributed by atoms with Crippen LogP contribution in [0.1, 0.15) is 0 Å². The maximum Gasteiger partial charge on any atom is 0.0868 e. The van der Waals surface area contributed by atoms with Crippen LogP contribution in [0.25, 0.3) is 0 Å². The Labute approximate surface area is 56.0 Å². The van der Waals surface area contributed by atoms with Gasteiger partial charge in [-0.3, -0.25) is 5.14 Å². The number of anilines is 1. The van der Waals surface area contributed by atoms with Crippen molar-refractivity contribution in [1.82, 2.24) is 0 Å². The molecule has 4 heteroatoms. The largest absolute Gasteiger partial charge is 0.391 e. The molecule has 0 unspecified atom stereocenters. The van der Waals surface area contributed by atoms with Crippen molar-refractivity contribution in [2.75, 3.05) is 5.73 Å². The van der Waals surface area contributed by atoms with Crippen LogP contribution in [0, 0.1) is 0 Å². The standard InChI is InChI=1S/C4H6N2S2/c5-3-1-2-4(7-3)8-6/h1-2H,5-6H2. The molecule has 0 aliphatic heterocycles. The van der Waals surface area contributed by atoms with Gasteiger partial charge in [0, 0.05) is 0 Å². The normalized spacial score (nSPS) is 9.62. The van der Waals surface area contributed by atoms with Crippen LogP contribution in [0.2, 0.25) is 0 Å². The van der Waals surface area contributed by atoms with Gasteiger partial charge in [-0.15, -0.1) is 11.3 Å². The SMILES string of the molecule is NSc1ccc(N)s1. The Morgan fingerprint density at radius 3 is 2.50 bits per heavy atom. The van der Waals surface area contributed by atoms with Gasteiger partial charge in [0.2, 0.25) is 0 Å². The van der Waals surface area contributed by atoms with E-state index in [1.165, 1.54) is 23.3 Å². The fourth-order valence-electron chi connectivity index (χ4n) is 0.398. The Bertz CT molecular complexity index is 172. The molecule has 4 N–H and O–H groups in total. The molecular weight excluding hydrogens is 140 g/mol. The number of rotatable bonds is 1. The van der Waals surface area contributed by atoms with Crippen molar-refractivity contribution in [2.24, 2.45) is 5.14 Å². The van der Waals surface area contributed by atoms with Crippen LogP contribution in [-0.4, -0.2) is 0 Å². The Balaban J connectivity index is 2.84. The summed E-state index contributed by atoms with van der Waals surface area (Å²) >= 11 is 2.73. The lowest BCUT2D eigenvalue weighted by atomic mass is 10.6. The van der Waals surface area contributed by atoms with E-state index in [4.69, 9.17) is 10.9 Å². The molecule has 0 saturated carbocycles. The molecule has 1 aromatic heterocycles. The van der Waals surface area contributed by atoms with Crippen LogP contribution in [0.3, 0.4) is 0 Å². The van der Waals surface area contributed by atoms with E-state index >= 15 is 0 Å². The minimum Gasteiger partial charge on any atom is -0.391 e. The summed E-state index contributed by atoms with van der Waals surface area (Å²) in [5.41, 5.74) is 5.40. The van der Waals surface area contributed by atoms with E-state index in [-0.39, 0.29) is 0 Å². The summed E-state index contributed by atoms with van der Waals surface area (Å²) < 4.78 is 1.06.